The Morgan fingerprint density at radius 1 is 1.40 bits per heavy atom. The molecule has 0 aliphatic heterocycles. The molecular weight excluding hydrogens is 124 g/mol. The molecule has 56 valence electrons. The Bertz CT molecular complexity index is 181. The van der Waals surface area contributed by atoms with Crippen LogP contribution in [0.25, 0.3) is 0 Å². The van der Waals surface area contributed by atoms with Crippen LogP contribution in [0, 0.1) is 17.3 Å². The van der Waals surface area contributed by atoms with Crippen molar-refractivity contribution in [3.05, 3.63) is 12.2 Å². The first-order valence-electron chi connectivity index (χ1n) is 3.99. The van der Waals surface area contributed by atoms with Crippen LogP contribution >= 0.6 is 0 Å². The Morgan fingerprint density at radius 2 is 2.10 bits per heavy atom. The Labute approximate surface area is 61.8 Å². The Morgan fingerprint density at radius 3 is 2.40 bits per heavy atom. The molecule has 1 saturated carbocycles. The molecule has 0 radical (unpaired) electrons. The second-order valence-corrected chi connectivity index (χ2v) is 4.15. The molecule has 1 heteroatoms. The van der Waals surface area contributed by atoms with Crippen LogP contribution in [0.3, 0.4) is 0 Å². The molecule has 10 heavy (non-hydrogen) atoms. The fourth-order valence-electron chi connectivity index (χ4n) is 2.28. The van der Waals surface area contributed by atoms with E-state index in [2.05, 4.69) is 19.9 Å². The summed E-state index contributed by atoms with van der Waals surface area (Å²) in [6.45, 7) is 4.50. The maximum Gasteiger partial charge on any atom is 0.0754 e. The maximum atomic E-state index is 9.46. The zero-order valence-electron chi connectivity index (χ0n) is 6.54. The van der Waals surface area contributed by atoms with Crippen LogP contribution in [0.15, 0.2) is 12.2 Å². The molecule has 0 heterocycles. The maximum absolute atomic E-state index is 9.46. The highest BCUT2D eigenvalue weighted by Crippen LogP contribution is 2.56. The second kappa shape index (κ2) is 1.65. The summed E-state index contributed by atoms with van der Waals surface area (Å²) in [6, 6.07) is 0. The van der Waals surface area contributed by atoms with Crippen molar-refractivity contribution in [2.75, 3.05) is 0 Å². The summed E-state index contributed by atoms with van der Waals surface area (Å²) in [5.74, 6) is 1.27. The largest absolute Gasteiger partial charge is 0.389 e. The van der Waals surface area contributed by atoms with Crippen molar-refractivity contribution in [2.45, 2.75) is 26.4 Å². The highest BCUT2D eigenvalue weighted by atomic mass is 16.3. The molecular formula is C9H14O. The van der Waals surface area contributed by atoms with E-state index in [0.717, 1.165) is 5.92 Å². The lowest BCUT2D eigenvalue weighted by molar-refractivity contribution is -0.0692. The molecule has 1 fully saturated rings. The molecule has 1 N–H and O–H groups in total. The molecule has 0 spiro atoms. The van der Waals surface area contributed by atoms with Gasteiger partial charge >= 0.3 is 0 Å². The van der Waals surface area contributed by atoms with E-state index in [1.807, 2.05) is 6.08 Å². The highest BCUT2D eigenvalue weighted by Gasteiger charge is 2.51. The summed E-state index contributed by atoms with van der Waals surface area (Å²) in [7, 11) is 0. The molecule has 0 aromatic rings. The summed E-state index contributed by atoms with van der Waals surface area (Å²) >= 11 is 0. The van der Waals surface area contributed by atoms with E-state index in [1.165, 1.54) is 6.42 Å². The Hall–Kier alpha value is -0.300. The lowest BCUT2D eigenvalue weighted by Gasteiger charge is -2.55. The van der Waals surface area contributed by atoms with Crippen LogP contribution in [0.4, 0.5) is 0 Å². The minimum atomic E-state index is -0.167. The number of rotatable bonds is 0. The molecule has 3 rings (SSSR count). The number of fused-ring (bicyclic) bond motifs is 1. The van der Waals surface area contributed by atoms with Crippen molar-refractivity contribution in [1.82, 2.24) is 0 Å². The first kappa shape index (κ1) is 6.41. The quantitative estimate of drug-likeness (QED) is 0.504. The van der Waals surface area contributed by atoms with Gasteiger partial charge in [0.25, 0.3) is 0 Å². The van der Waals surface area contributed by atoms with Crippen molar-refractivity contribution < 1.29 is 5.11 Å². The molecule has 3 aliphatic rings. The van der Waals surface area contributed by atoms with Gasteiger partial charge in [-0.2, -0.15) is 0 Å². The first-order chi connectivity index (χ1) is 4.62. The van der Waals surface area contributed by atoms with Gasteiger partial charge in [0.15, 0.2) is 0 Å². The smallest absolute Gasteiger partial charge is 0.0754 e. The van der Waals surface area contributed by atoms with Gasteiger partial charge in [-0.1, -0.05) is 26.0 Å². The van der Waals surface area contributed by atoms with Crippen molar-refractivity contribution in [2.24, 2.45) is 17.3 Å². The molecule has 2 bridgehead atoms. The summed E-state index contributed by atoms with van der Waals surface area (Å²) in [6.07, 6.45) is 5.15. The van der Waals surface area contributed by atoms with Crippen molar-refractivity contribution in [1.29, 1.82) is 0 Å². The van der Waals surface area contributed by atoms with Gasteiger partial charge in [-0.15, -0.1) is 0 Å². The van der Waals surface area contributed by atoms with E-state index in [-0.39, 0.29) is 6.10 Å². The predicted octanol–water partition coefficient (Wildman–Crippen LogP) is 1.58. The van der Waals surface area contributed by atoms with Gasteiger partial charge in [0, 0.05) is 0 Å². The third kappa shape index (κ3) is 0.567. The fourth-order valence-corrected chi connectivity index (χ4v) is 2.28. The van der Waals surface area contributed by atoms with Crippen LogP contribution in [-0.2, 0) is 0 Å². The highest BCUT2D eigenvalue weighted by molar-refractivity contribution is 5.17. The molecule has 3 atom stereocenters. The van der Waals surface area contributed by atoms with E-state index in [4.69, 9.17) is 0 Å². The number of hydrogen-bond acceptors (Lipinski definition) is 1. The lowest BCUT2D eigenvalue weighted by atomic mass is 9.50. The monoisotopic (exact) mass is 138 g/mol. The average Bonchev–Trinajstić information content (AvgIpc) is 1.87. The summed E-state index contributed by atoms with van der Waals surface area (Å²) in [5.41, 5.74) is 0.369. The fraction of sp³-hybridized carbons (Fsp3) is 0.778. The van der Waals surface area contributed by atoms with Gasteiger partial charge in [0.1, 0.15) is 0 Å². The van der Waals surface area contributed by atoms with Crippen LogP contribution in [0.1, 0.15) is 20.3 Å². The van der Waals surface area contributed by atoms with Gasteiger partial charge in [-0.3, -0.25) is 0 Å². The van der Waals surface area contributed by atoms with Gasteiger partial charge in [-0.05, 0) is 23.7 Å². The van der Waals surface area contributed by atoms with E-state index in [1.54, 1.807) is 0 Å². The van der Waals surface area contributed by atoms with Gasteiger partial charge in [0.2, 0.25) is 0 Å². The Kier molecular flexibility index (Phi) is 1.06. The van der Waals surface area contributed by atoms with Crippen molar-refractivity contribution >= 4 is 0 Å². The molecule has 0 aromatic heterocycles. The standard InChI is InChI=1S/C9H14O/c1-9(2)6-3-4-8(10)7(9)5-6/h3-4,6-8,10H,5H2,1-2H3/t6-,7+,8-/m0/s1. The minimum absolute atomic E-state index is 0.167. The van der Waals surface area contributed by atoms with E-state index in [9.17, 15) is 5.11 Å². The minimum Gasteiger partial charge on any atom is -0.389 e. The number of aliphatic hydroxyl groups excluding tert-OH is 1. The zero-order chi connectivity index (χ0) is 7.35. The van der Waals surface area contributed by atoms with Crippen LogP contribution in [0.5, 0.6) is 0 Å². The van der Waals surface area contributed by atoms with E-state index in [0.29, 0.717) is 11.3 Å². The normalized spacial score (nSPS) is 48.5. The first-order valence-corrected chi connectivity index (χ1v) is 3.99. The van der Waals surface area contributed by atoms with Crippen molar-refractivity contribution in [3.8, 4) is 0 Å². The van der Waals surface area contributed by atoms with Crippen molar-refractivity contribution in [3.63, 3.8) is 0 Å². The van der Waals surface area contributed by atoms with Crippen LogP contribution < -0.4 is 0 Å². The SMILES string of the molecule is CC1(C)[C@@H]2C[C@@H]1C=C[C@@H]2O. The van der Waals surface area contributed by atoms with E-state index >= 15 is 0 Å². The predicted molar refractivity (Wildman–Crippen MR) is 40.5 cm³/mol. The van der Waals surface area contributed by atoms with Gasteiger partial charge in [0.05, 0.1) is 6.10 Å². The average molecular weight is 138 g/mol. The van der Waals surface area contributed by atoms with Crippen LogP contribution in [0.2, 0.25) is 0 Å². The third-order valence-corrected chi connectivity index (χ3v) is 3.37. The lowest BCUT2D eigenvalue weighted by Crippen LogP contribution is -2.51. The topological polar surface area (TPSA) is 20.2 Å². The van der Waals surface area contributed by atoms with Gasteiger partial charge in [-0.25, -0.2) is 0 Å². The van der Waals surface area contributed by atoms with Crippen LogP contribution in [-0.4, -0.2) is 11.2 Å². The third-order valence-electron chi connectivity index (χ3n) is 3.37. The summed E-state index contributed by atoms with van der Waals surface area (Å²) < 4.78 is 0. The number of allylic oxidation sites excluding steroid dienone is 1. The molecule has 1 nitrogen and oxygen atoms in total. The molecule has 3 aliphatic carbocycles. The molecule has 0 aromatic carbocycles. The second-order valence-electron chi connectivity index (χ2n) is 4.15. The molecule has 0 unspecified atom stereocenters. The van der Waals surface area contributed by atoms with E-state index < -0.39 is 0 Å². The molecule has 0 amide bonds. The van der Waals surface area contributed by atoms with Gasteiger partial charge < -0.3 is 5.11 Å². The summed E-state index contributed by atoms with van der Waals surface area (Å²) in [4.78, 5) is 0. The number of hydrogen-bond donors (Lipinski definition) is 1. The number of aliphatic hydroxyl groups is 1. The molecule has 0 saturated heterocycles. The zero-order valence-corrected chi connectivity index (χ0v) is 6.54. The summed E-state index contributed by atoms with van der Waals surface area (Å²) in [5, 5.41) is 9.46. The Balaban J connectivity index is 2.28.